The van der Waals surface area contributed by atoms with Crippen LogP contribution in [0.2, 0.25) is 0 Å². The summed E-state index contributed by atoms with van der Waals surface area (Å²) in [5.41, 5.74) is 1.79. The summed E-state index contributed by atoms with van der Waals surface area (Å²) in [6, 6.07) is 22.8. The first-order valence-electron chi connectivity index (χ1n) is 13.5. The van der Waals surface area contributed by atoms with Crippen molar-refractivity contribution in [1.29, 1.82) is 0 Å². The van der Waals surface area contributed by atoms with Gasteiger partial charge in [-0.2, -0.15) is 0 Å². The SMILES string of the molecule is COc1ccc2c(c1OCc1ccccc1)CC(C)(C(=O)O)N(C(=O)C(OC1CCCC1)c1ccccc1)C2. The smallest absolute Gasteiger partial charge is 0.329 e. The maximum atomic E-state index is 14.2. The molecule has 0 radical (unpaired) electrons. The van der Waals surface area contributed by atoms with E-state index in [-0.39, 0.29) is 25.0 Å². The minimum atomic E-state index is -1.51. The van der Waals surface area contributed by atoms with Crippen LogP contribution < -0.4 is 9.47 Å². The van der Waals surface area contributed by atoms with Crippen molar-refractivity contribution in [2.24, 2.45) is 0 Å². The van der Waals surface area contributed by atoms with Gasteiger partial charge in [0, 0.05) is 18.5 Å². The minimum absolute atomic E-state index is 0.0189. The second-order valence-electron chi connectivity index (χ2n) is 10.5. The number of carboxylic acid groups (broad SMARTS) is 1. The number of hydrogen-bond donors (Lipinski definition) is 1. The largest absolute Gasteiger partial charge is 0.493 e. The molecule has 1 aliphatic heterocycles. The molecule has 0 bridgehead atoms. The molecule has 1 aliphatic carbocycles. The Hall–Kier alpha value is -3.84. The fraction of sp³-hybridized carbons (Fsp3) is 0.375. The van der Waals surface area contributed by atoms with E-state index in [1.165, 1.54) is 4.90 Å². The van der Waals surface area contributed by atoms with Crippen LogP contribution in [-0.2, 0) is 33.9 Å². The van der Waals surface area contributed by atoms with Crippen LogP contribution in [0.4, 0.5) is 0 Å². The van der Waals surface area contributed by atoms with Crippen LogP contribution in [0, 0.1) is 0 Å². The number of fused-ring (bicyclic) bond motifs is 1. The normalized spacial score (nSPS) is 19.8. The second-order valence-corrected chi connectivity index (χ2v) is 10.5. The molecule has 2 unspecified atom stereocenters. The third-order valence-corrected chi connectivity index (χ3v) is 7.90. The van der Waals surface area contributed by atoms with Crippen LogP contribution in [0.25, 0.3) is 0 Å². The molecular weight excluding hydrogens is 494 g/mol. The van der Waals surface area contributed by atoms with Crippen molar-refractivity contribution in [3.63, 3.8) is 0 Å². The Bertz CT molecular complexity index is 1300. The van der Waals surface area contributed by atoms with Gasteiger partial charge in [-0.25, -0.2) is 4.79 Å². The molecule has 0 aromatic heterocycles. The lowest BCUT2D eigenvalue weighted by molar-refractivity contribution is -0.168. The zero-order valence-corrected chi connectivity index (χ0v) is 22.5. The highest BCUT2D eigenvalue weighted by atomic mass is 16.5. The quantitative estimate of drug-likeness (QED) is 0.383. The van der Waals surface area contributed by atoms with E-state index in [0.29, 0.717) is 18.1 Å². The van der Waals surface area contributed by atoms with Crippen LogP contribution in [0.3, 0.4) is 0 Å². The standard InChI is InChI=1S/C32H35NO6/c1-32(31(35)36)19-26-24(17-18-27(37-2)29(26)38-21-22-11-5-3-6-12-22)20-33(32)30(34)28(23-13-7-4-8-14-23)39-25-15-9-10-16-25/h3-8,11-14,17-18,25,28H,9-10,15-16,19-21H2,1-2H3,(H,35,36). The number of carboxylic acids is 1. The van der Waals surface area contributed by atoms with Crippen molar-refractivity contribution in [3.05, 3.63) is 95.1 Å². The third kappa shape index (κ3) is 5.50. The Morgan fingerprint density at radius 2 is 1.67 bits per heavy atom. The maximum Gasteiger partial charge on any atom is 0.329 e. The third-order valence-electron chi connectivity index (χ3n) is 7.90. The summed E-state index contributed by atoms with van der Waals surface area (Å²) in [6.07, 6.45) is 3.12. The van der Waals surface area contributed by atoms with E-state index in [9.17, 15) is 14.7 Å². The Kier molecular flexibility index (Phi) is 7.89. The molecule has 3 aromatic carbocycles. The van der Waals surface area contributed by atoms with Crippen molar-refractivity contribution in [1.82, 2.24) is 4.90 Å². The number of ether oxygens (including phenoxy) is 3. The van der Waals surface area contributed by atoms with E-state index in [1.807, 2.05) is 72.8 Å². The van der Waals surface area contributed by atoms with Gasteiger partial charge in [-0.05, 0) is 42.5 Å². The molecule has 7 nitrogen and oxygen atoms in total. The number of amides is 1. The van der Waals surface area contributed by atoms with E-state index in [0.717, 1.165) is 47.9 Å². The van der Waals surface area contributed by atoms with Crippen molar-refractivity contribution >= 4 is 11.9 Å². The molecular formula is C32H35NO6. The van der Waals surface area contributed by atoms with Gasteiger partial charge >= 0.3 is 5.97 Å². The predicted octanol–water partition coefficient (Wildman–Crippen LogP) is 5.70. The average Bonchev–Trinajstić information content (AvgIpc) is 3.48. The van der Waals surface area contributed by atoms with E-state index in [2.05, 4.69) is 0 Å². The molecule has 1 amide bonds. The first-order valence-corrected chi connectivity index (χ1v) is 13.5. The van der Waals surface area contributed by atoms with Crippen molar-refractivity contribution in [2.45, 2.75) is 69.9 Å². The summed E-state index contributed by atoms with van der Waals surface area (Å²) < 4.78 is 18.2. The molecule has 0 saturated heterocycles. The van der Waals surface area contributed by atoms with Gasteiger partial charge in [0.25, 0.3) is 5.91 Å². The summed E-state index contributed by atoms with van der Waals surface area (Å²) in [5, 5.41) is 10.5. The summed E-state index contributed by atoms with van der Waals surface area (Å²) in [7, 11) is 1.57. The van der Waals surface area contributed by atoms with Crippen molar-refractivity contribution in [3.8, 4) is 11.5 Å². The van der Waals surface area contributed by atoms with E-state index < -0.39 is 17.6 Å². The number of rotatable bonds is 9. The van der Waals surface area contributed by atoms with E-state index in [1.54, 1.807) is 14.0 Å². The number of aliphatic carboxylic acids is 1. The number of benzene rings is 3. The Balaban J connectivity index is 1.50. The summed E-state index contributed by atoms with van der Waals surface area (Å²) in [6.45, 7) is 2.04. The molecule has 1 N–H and O–H groups in total. The number of nitrogens with zero attached hydrogens (tertiary/aromatic N) is 1. The zero-order valence-electron chi connectivity index (χ0n) is 22.5. The van der Waals surface area contributed by atoms with Gasteiger partial charge in [-0.15, -0.1) is 0 Å². The molecule has 39 heavy (non-hydrogen) atoms. The Morgan fingerprint density at radius 3 is 2.31 bits per heavy atom. The number of carbonyl (C=O) groups is 2. The second kappa shape index (κ2) is 11.5. The summed E-state index contributed by atoms with van der Waals surface area (Å²) >= 11 is 0. The van der Waals surface area contributed by atoms with Gasteiger partial charge in [0.2, 0.25) is 0 Å². The first-order chi connectivity index (χ1) is 18.9. The fourth-order valence-electron chi connectivity index (χ4n) is 5.60. The lowest BCUT2D eigenvalue weighted by atomic mass is 9.82. The van der Waals surface area contributed by atoms with Gasteiger partial charge in [-0.3, -0.25) is 4.79 Å². The van der Waals surface area contributed by atoms with E-state index in [4.69, 9.17) is 14.2 Å². The maximum absolute atomic E-state index is 14.2. The van der Waals surface area contributed by atoms with E-state index >= 15 is 0 Å². The number of carbonyl (C=O) groups excluding carboxylic acids is 1. The van der Waals surface area contributed by atoms with Crippen molar-refractivity contribution in [2.75, 3.05) is 7.11 Å². The van der Waals surface area contributed by atoms with Crippen LogP contribution in [0.1, 0.15) is 61.0 Å². The Labute approximate surface area is 229 Å². The number of hydrogen-bond acceptors (Lipinski definition) is 5. The predicted molar refractivity (Wildman–Crippen MR) is 147 cm³/mol. The van der Waals surface area contributed by atoms with Crippen LogP contribution in [0.5, 0.6) is 11.5 Å². The lowest BCUT2D eigenvalue weighted by Crippen LogP contribution is -2.59. The minimum Gasteiger partial charge on any atom is -0.493 e. The van der Waals surface area contributed by atoms with Gasteiger partial charge in [-0.1, -0.05) is 79.6 Å². The first kappa shape index (κ1) is 26.8. The van der Waals surface area contributed by atoms with Crippen LogP contribution in [-0.4, -0.2) is 40.6 Å². The molecule has 3 aromatic rings. The molecule has 2 aliphatic rings. The molecule has 7 heteroatoms. The number of methoxy groups -OCH3 is 1. The highest BCUT2D eigenvalue weighted by molar-refractivity contribution is 5.90. The van der Waals surface area contributed by atoms with Gasteiger partial charge in [0.05, 0.1) is 13.2 Å². The lowest BCUT2D eigenvalue weighted by Gasteiger charge is -2.44. The summed E-state index contributed by atoms with van der Waals surface area (Å²) in [5.74, 6) is -0.374. The summed E-state index contributed by atoms with van der Waals surface area (Å²) in [4.78, 5) is 28.5. The molecule has 5 rings (SSSR count). The average molecular weight is 530 g/mol. The Morgan fingerprint density at radius 1 is 1.00 bits per heavy atom. The highest BCUT2D eigenvalue weighted by Crippen LogP contribution is 2.43. The monoisotopic (exact) mass is 529 g/mol. The fourth-order valence-corrected chi connectivity index (χ4v) is 5.60. The highest BCUT2D eigenvalue weighted by Gasteiger charge is 2.49. The van der Waals surface area contributed by atoms with Gasteiger partial charge in [0.15, 0.2) is 17.6 Å². The molecule has 1 heterocycles. The zero-order chi connectivity index (χ0) is 27.4. The molecule has 204 valence electrons. The topological polar surface area (TPSA) is 85.3 Å². The molecule has 2 atom stereocenters. The van der Waals surface area contributed by atoms with Gasteiger partial charge in [0.1, 0.15) is 12.1 Å². The van der Waals surface area contributed by atoms with Crippen LogP contribution in [0.15, 0.2) is 72.8 Å². The van der Waals surface area contributed by atoms with Gasteiger partial charge < -0.3 is 24.2 Å². The molecule has 1 saturated carbocycles. The molecule has 1 fully saturated rings. The molecule has 0 spiro atoms. The van der Waals surface area contributed by atoms with Crippen LogP contribution >= 0.6 is 0 Å². The van der Waals surface area contributed by atoms with Crippen molar-refractivity contribution < 1.29 is 28.9 Å².